The highest BCUT2D eigenvalue weighted by molar-refractivity contribution is 5.63. The van der Waals surface area contributed by atoms with E-state index in [-0.39, 0.29) is 5.69 Å². The Labute approximate surface area is 127 Å². The van der Waals surface area contributed by atoms with E-state index in [0.717, 1.165) is 0 Å². The molecule has 2 heterocycles. The minimum atomic E-state index is -1.73. The summed E-state index contributed by atoms with van der Waals surface area (Å²) in [5.74, 6) is 0.922. The van der Waals surface area contributed by atoms with Crippen molar-refractivity contribution in [3.05, 3.63) is 42.4 Å². The highest BCUT2D eigenvalue weighted by Gasteiger charge is 2.12. The zero-order chi connectivity index (χ0) is 15.8. The van der Waals surface area contributed by atoms with Gasteiger partial charge in [0.1, 0.15) is 19.1 Å². The van der Waals surface area contributed by atoms with Gasteiger partial charge in [-0.15, -0.1) is 0 Å². The number of anilines is 2. The lowest BCUT2D eigenvalue weighted by atomic mass is 10.2. The Kier molecular flexibility index (Phi) is 6.02. The fourth-order valence-corrected chi connectivity index (χ4v) is 1.75. The minimum Gasteiger partial charge on any atom is -0.487 e. The van der Waals surface area contributed by atoms with Crippen molar-refractivity contribution in [2.24, 2.45) is 0 Å². The van der Waals surface area contributed by atoms with Gasteiger partial charge in [-0.05, 0) is 18.2 Å². The Morgan fingerprint density at radius 2 is 2.14 bits per heavy atom. The molecule has 0 bridgehead atoms. The normalized spacial score (nSPS) is 12.0. The Morgan fingerprint density at radius 1 is 1.27 bits per heavy atom. The van der Waals surface area contributed by atoms with Crippen LogP contribution in [0.4, 0.5) is 20.3 Å². The van der Waals surface area contributed by atoms with Crippen LogP contribution in [0.1, 0.15) is 11.9 Å². The molecule has 7 heteroatoms. The number of halogens is 2. The summed E-state index contributed by atoms with van der Waals surface area (Å²) in [6.07, 6.45) is 1.42. The predicted octanol–water partition coefficient (Wildman–Crippen LogP) is 3.23. The van der Waals surface area contributed by atoms with Crippen LogP contribution >= 0.6 is 0 Å². The van der Waals surface area contributed by atoms with Crippen LogP contribution in [0.25, 0.3) is 0 Å². The molecule has 1 atom stereocenters. The molecule has 0 radical (unpaired) electrons. The van der Waals surface area contributed by atoms with Gasteiger partial charge in [0.15, 0.2) is 11.9 Å². The average Bonchev–Trinajstić information content (AvgIpc) is 2.56. The molecule has 2 rings (SSSR count). The molecule has 1 unspecified atom stereocenters. The van der Waals surface area contributed by atoms with Crippen molar-refractivity contribution in [3.8, 4) is 5.75 Å². The van der Waals surface area contributed by atoms with Crippen molar-refractivity contribution in [1.82, 2.24) is 9.97 Å². The lowest BCUT2D eigenvalue weighted by Gasteiger charge is -2.13. The van der Waals surface area contributed by atoms with Gasteiger partial charge in [0.25, 0.3) is 0 Å². The highest BCUT2D eigenvalue weighted by Crippen LogP contribution is 2.26. The molecule has 118 valence electrons. The van der Waals surface area contributed by atoms with E-state index in [1.165, 1.54) is 6.07 Å². The van der Waals surface area contributed by atoms with Crippen LogP contribution in [0.5, 0.6) is 5.75 Å². The number of rotatable bonds is 8. The first kappa shape index (κ1) is 16.1. The van der Waals surface area contributed by atoms with Gasteiger partial charge in [0.2, 0.25) is 0 Å². The second-order valence-corrected chi connectivity index (χ2v) is 4.41. The number of hydrogen-bond acceptors (Lipinski definition) is 5. The number of alkyl halides is 2. The third kappa shape index (κ3) is 4.36. The maximum Gasteiger partial charge on any atom is 0.170 e. The maximum atomic E-state index is 13.4. The Morgan fingerprint density at radius 3 is 2.91 bits per heavy atom. The third-order valence-corrected chi connectivity index (χ3v) is 2.82. The van der Waals surface area contributed by atoms with Crippen LogP contribution in [0.3, 0.4) is 0 Å². The minimum absolute atomic E-state index is 0.0448. The van der Waals surface area contributed by atoms with Gasteiger partial charge >= 0.3 is 0 Å². The molecular formula is C15H17F2N3O2. The Balaban J connectivity index is 2.13. The van der Waals surface area contributed by atoms with Crippen LogP contribution < -0.4 is 10.1 Å². The zero-order valence-corrected chi connectivity index (χ0v) is 12.1. The van der Waals surface area contributed by atoms with Crippen molar-refractivity contribution >= 4 is 11.5 Å². The molecule has 0 fully saturated rings. The second kappa shape index (κ2) is 8.23. The Hall–Kier alpha value is -2.28. The van der Waals surface area contributed by atoms with E-state index in [0.29, 0.717) is 30.5 Å². The van der Waals surface area contributed by atoms with E-state index in [1.54, 1.807) is 37.7 Å². The zero-order valence-electron chi connectivity index (χ0n) is 12.1. The number of methoxy groups -OCH3 is 1. The number of nitrogens with zero attached hydrogens (tertiary/aromatic N) is 2. The molecule has 0 saturated carbocycles. The number of pyridine rings is 2. The van der Waals surface area contributed by atoms with E-state index in [1.807, 2.05) is 0 Å². The van der Waals surface area contributed by atoms with Gasteiger partial charge in [0.05, 0.1) is 24.2 Å². The summed E-state index contributed by atoms with van der Waals surface area (Å²) < 4.78 is 36.2. The summed E-state index contributed by atoms with van der Waals surface area (Å²) in [5, 5.41) is 3.01. The van der Waals surface area contributed by atoms with Gasteiger partial charge in [-0.2, -0.15) is 0 Å². The lowest BCUT2D eigenvalue weighted by molar-refractivity contribution is 0.146. The summed E-state index contributed by atoms with van der Waals surface area (Å²) in [6, 6.07) is 6.42. The molecule has 0 spiro atoms. The third-order valence-electron chi connectivity index (χ3n) is 2.82. The molecule has 0 saturated heterocycles. The number of nitrogens with one attached hydrogen (secondary N) is 1. The second-order valence-electron chi connectivity index (χ2n) is 4.41. The predicted molar refractivity (Wildman–Crippen MR) is 79.0 cm³/mol. The van der Waals surface area contributed by atoms with Crippen LogP contribution in [-0.4, -0.2) is 37.0 Å². The summed E-state index contributed by atoms with van der Waals surface area (Å²) in [6.45, 7) is -0.280. The maximum absolute atomic E-state index is 13.4. The molecule has 0 aliphatic carbocycles. The monoisotopic (exact) mass is 309 g/mol. The molecule has 1 N–H and O–H groups in total. The molecule has 22 heavy (non-hydrogen) atoms. The summed E-state index contributed by atoms with van der Waals surface area (Å²) in [7, 11) is 1.58. The summed E-state index contributed by atoms with van der Waals surface area (Å²) >= 11 is 0. The molecular weight excluding hydrogens is 292 g/mol. The molecule has 0 aliphatic heterocycles. The SMILES string of the molecule is COCCOc1cnccc1Nc1cccc(C(F)CF)n1. The van der Waals surface area contributed by atoms with E-state index in [2.05, 4.69) is 15.3 Å². The van der Waals surface area contributed by atoms with E-state index in [9.17, 15) is 8.78 Å². The molecule has 2 aromatic rings. The number of aromatic nitrogens is 2. The van der Waals surface area contributed by atoms with E-state index in [4.69, 9.17) is 9.47 Å². The van der Waals surface area contributed by atoms with Crippen molar-refractivity contribution < 1.29 is 18.3 Å². The van der Waals surface area contributed by atoms with Gasteiger partial charge in [-0.1, -0.05) is 6.07 Å². The van der Waals surface area contributed by atoms with Gasteiger partial charge in [-0.3, -0.25) is 4.98 Å². The Bertz CT molecular complexity index is 599. The quantitative estimate of drug-likeness (QED) is 0.759. The van der Waals surface area contributed by atoms with Crippen LogP contribution in [0.15, 0.2) is 36.7 Å². The van der Waals surface area contributed by atoms with Crippen LogP contribution in [-0.2, 0) is 4.74 Å². The van der Waals surface area contributed by atoms with Gasteiger partial charge < -0.3 is 14.8 Å². The van der Waals surface area contributed by atoms with Crippen LogP contribution in [0, 0.1) is 0 Å². The topological polar surface area (TPSA) is 56.3 Å². The van der Waals surface area contributed by atoms with E-state index >= 15 is 0 Å². The smallest absolute Gasteiger partial charge is 0.170 e. The van der Waals surface area contributed by atoms with Crippen LogP contribution in [0.2, 0.25) is 0 Å². The molecule has 0 aliphatic rings. The first-order valence-corrected chi connectivity index (χ1v) is 6.74. The van der Waals surface area contributed by atoms with Gasteiger partial charge in [-0.25, -0.2) is 13.8 Å². The largest absolute Gasteiger partial charge is 0.487 e. The highest BCUT2D eigenvalue weighted by atomic mass is 19.2. The number of hydrogen-bond donors (Lipinski definition) is 1. The summed E-state index contributed by atoms with van der Waals surface area (Å²) in [4.78, 5) is 8.04. The van der Waals surface area contributed by atoms with Crippen molar-refractivity contribution in [2.45, 2.75) is 6.17 Å². The summed E-state index contributed by atoms with van der Waals surface area (Å²) in [5.41, 5.74) is 0.676. The fourth-order valence-electron chi connectivity index (χ4n) is 1.75. The fraction of sp³-hybridized carbons (Fsp3) is 0.333. The molecule has 0 amide bonds. The standard InChI is InChI=1S/C15H17F2N3O2/c1-21-7-8-22-14-10-18-6-5-13(14)20-15-4-2-3-12(19-15)11(17)9-16/h2-6,10-11H,7-9H2,1H3,(H,18,19,20). The number of ether oxygens (including phenoxy) is 2. The average molecular weight is 309 g/mol. The van der Waals surface area contributed by atoms with Crippen molar-refractivity contribution in [3.63, 3.8) is 0 Å². The first-order valence-electron chi connectivity index (χ1n) is 6.74. The lowest BCUT2D eigenvalue weighted by Crippen LogP contribution is -2.07. The first-order chi connectivity index (χ1) is 10.7. The van der Waals surface area contributed by atoms with E-state index < -0.39 is 12.8 Å². The molecule has 5 nitrogen and oxygen atoms in total. The van der Waals surface area contributed by atoms with Crippen molar-refractivity contribution in [1.29, 1.82) is 0 Å². The molecule has 2 aromatic heterocycles. The van der Waals surface area contributed by atoms with Crippen molar-refractivity contribution in [2.75, 3.05) is 32.3 Å². The molecule has 0 aromatic carbocycles. The van der Waals surface area contributed by atoms with Gasteiger partial charge in [0, 0.05) is 13.3 Å².